The number of likely N-dealkylation sites (N-methyl/N-ethyl adjacent to an activating group) is 1. The molecule has 1 fully saturated rings. The summed E-state index contributed by atoms with van der Waals surface area (Å²) < 4.78 is 0. The lowest BCUT2D eigenvalue weighted by Crippen LogP contribution is -2.66. The predicted octanol–water partition coefficient (Wildman–Crippen LogP) is -0.0730. The van der Waals surface area contributed by atoms with E-state index < -0.39 is 0 Å². The van der Waals surface area contributed by atoms with Gasteiger partial charge in [0.15, 0.2) is 0 Å². The van der Waals surface area contributed by atoms with Gasteiger partial charge < -0.3 is 10.6 Å². The van der Waals surface area contributed by atoms with Crippen LogP contribution >= 0.6 is 0 Å². The van der Waals surface area contributed by atoms with E-state index in [1.807, 2.05) is 0 Å². The second-order valence-electron chi connectivity index (χ2n) is 4.18. The van der Waals surface area contributed by atoms with Gasteiger partial charge in [-0.1, -0.05) is 0 Å². The summed E-state index contributed by atoms with van der Waals surface area (Å²) in [6.07, 6.45) is 0. The van der Waals surface area contributed by atoms with Crippen LogP contribution in [0, 0.1) is 0 Å². The summed E-state index contributed by atoms with van der Waals surface area (Å²) in [6.45, 7) is 6.32. The first-order valence-electron chi connectivity index (χ1n) is 4.11. The summed E-state index contributed by atoms with van der Waals surface area (Å²) in [5.74, 6) is 0. The third-order valence-electron chi connectivity index (χ3n) is 2.41. The molecule has 11 heavy (non-hydrogen) atoms. The molecule has 0 radical (unpaired) electrons. The molecule has 0 aromatic carbocycles. The zero-order valence-electron chi connectivity index (χ0n) is 7.96. The Hall–Kier alpha value is -0.120. The van der Waals surface area contributed by atoms with Gasteiger partial charge in [0.05, 0.1) is 5.66 Å². The van der Waals surface area contributed by atoms with Crippen LogP contribution in [0.3, 0.4) is 0 Å². The second kappa shape index (κ2) is 2.73. The molecule has 1 aliphatic rings. The highest BCUT2D eigenvalue weighted by molar-refractivity contribution is 4.91. The Morgan fingerprint density at radius 1 is 1.36 bits per heavy atom. The summed E-state index contributed by atoms with van der Waals surface area (Å²) in [5, 5.41) is 0. The van der Waals surface area contributed by atoms with Crippen LogP contribution in [-0.2, 0) is 0 Å². The molecular weight excluding hydrogens is 138 g/mol. The van der Waals surface area contributed by atoms with E-state index >= 15 is 0 Å². The topological polar surface area (TPSA) is 32.5 Å². The van der Waals surface area contributed by atoms with Crippen molar-refractivity contribution in [3.05, 3.63) is 0 Å². The molecule has 0 aromatic rings. The molecule has 1 saturated heterocycles. The number of nitrogens with zero attached hydrogens (tertiary/aromatic N) is 2. The number of likely N-dealkylation sites (tertiary alicyclic amines) is 1. The monoisotopic (exact) mass is 157 g/mol. The van der Waals surface area contributed by atoms with Crippen LogP contribution in [0.15, 0.2) is 0 Å². The maximum atomic E-state index is 5.91. The number of hydrogen-bond acceptors (Lipinski definition) is 3. The first-order valence-corrected chi connectivity index (χ1v) is 4.11. The molecule has 3 heteroatoms. The average Bonchev–Trinajstić information content (AvgIpc) is 1.51. The Balaban J connectivity index is 2.30. The van der Waals surface area contributed by atoms with E-state index in [1.165, 1.54) is 0 Å². The van der Waals surface area contributed by atoms with E-state index in [4.69, 9.17) is 5.73 Å². The first-order chi connectivity index (χ1) is 4.91. The van der Waals surface area contributed by atoms with Gasteiger partial charge in [-0.25, -0.2) is 0 Å². The second-order valence-corrected chi connectivity index (χ2v) is 4.18. The fourth-order valence-electron chi connectivity index (χ4n) is 1.25. The fraction of sp³-hybridized carbons (Fsp3) is 1.00. The Kier molecular flexibility index (Phi) is 2.23. The summed E-state index contributed by atoms with van der Waals surface area (Å²) in [4.78, 5) is 4.54. The average molecular weight is 157 g/mol. The van der Waals surface area contributed by atoms with Crippen LogP contribution in [-0.4, -0.2) is 48.7 Å². The predicted molar refractivity (Wildman–Crippen MR) is 47.3 cm³/mol. The SMILES string of the molecule is CN(C)C1CN(C(C)(C)N)C1. The Morgan fingerprint density at radius 3 is 2.09 bits per heavy atom. The highest BCUT2D eigenvalue weighted by Crippen LogP contribution is 2.19. The lowest BCUT2D eigenvalue weighted by molar-refractivity contribution is -0.00973. The molecule has 0 spiro atoms. The largest absolute Gasteiger partial charge is 0.314 e. The van der Waals surface area contributed by atoms with Gasteiger partial charge in [-0.2, -0.15) is 0 Å². The fourth-order valence-corrected chi connectivity index (χ4v) is 1.25. The van der Waals surface area contributed by atoms with E-state index in [1.54, 1.807) is 0 Å². The zero-order chi connectivity index (χ0) is 8.65. The van der Waals surface area contributed by atoms with Crippen molar-refractivity contribution >= 4 is 0 Å². The molecule has 0 aliphatic carbocycles. The third kappa shape index (κ3) is 1.92. The van der Waals surface area contributed by atoms with Crippen LogP contribution in [0.25, 0.3) is 0 Å². The van der Waals surface area contributed by atoms with Gasteiger partial charge in [-0.15, -0.1) is 0 Å². The van der Waals surface area contributed by atoms with Gasteiger partial charge in [0.1, 0.15) is 0 Å². The summed E-state index contributed by atoms with van der Waals surface area (Å²) >= 11 is 0. The van der Waals surface area contributed by atoms with Crippen LogP contribution in [0.4, 0.5) is 0 Å². The van der Waals surface area contributed by atoms with E-state index in [0.29, 0.717) is 6.04 Å². The quantitative estimate of drug-likeness (QED) is 0.609. The number of rotatable bonds is 2. The van der Waals surface area contributed by atoms with Crippen molar-refractivity contribution in [1.82, 2.24) is 9.80 Å². The van der Waals surface area contributed by atoms with E-state index in [-0.39, 0.29) is 5.66 Å². The van der Waals surface area contributed by atoms with Crippen LogP contribution in [0.5, 0.6) is 0 Å². The molecule has 0 saturated carbocycles. The van der Waals surface area contributed by atoms with Crippen LogP contribution < -0.4 is 5.73 Å². The standard InChI is InChI=1S/C8H19N3/c1-8(2,9)11-5-7(6-11)10(3)4/h7H,5-6,9H2,1-4H3. The van der Waals surface area contributed by atoms with Crippen molar-refractivity contribution in [2.24, 2.45) is 5.73 Å². The minimum Gasteiger partial charge on any atom is -0.314 e. The zero-order valence-corrected chi connectivity index (χ0v) is 7.96. The van der Waals surface area contributed by atoms with E-state index in [0.717, 1.165) is 13.1 Å². The Bertz CT molecular complexity index is 131. The minimum absolute atomic E-state index is 0.132. The van der Waals surface area contributed by atoms with Gasteiger partial charge in [0, 0.05) is 19.1 Å². The Morgan fingerprint density at radius 2 is 1.82 bits per heavy atom. The van der Waals surface area contributed by atoms with E-state index in [9.17, 15) is 0 Å². The maximum absolute atomic E-state index is 5.91. The third-order valence-corrected chi connectivity index (χ3v) is 2.41. The van der Waals surface area contributed by atoms with Crippen molar-refractivity contribution < 1.29 is 0 Å². The van der Waals surface area contributed by atoms with Gasteiger partial charge in [-0.3, -0.25) is 4.90 Å². The molecule has 1 aliphatic heterocycles. The van der Waals surface area contributed by atoms with E-state index in [2.05, 4.69) is 37.7 Å². The van der Waals surface area contributed by atoms with Crippen molar-refractivity contribution in [2.75, 3.05) is 27.2 Å². The smallest absolute Gasteiger partial charge is 0.0630 e. The van der Waals surface area contributed by atoms with Crippen molar-refractivity contribution in [3.8, 4) is 0 Å². The minimum atomic E-state index is -0.132. The van der Waals surface area contributed by atoms with Crippen LogP contribution in [0.2, 0.25) is 0 Å². The van der Waals surface area contributed by atoms with Gasteiger partial charge >= 0.3 is 0 Å². The van der Waals surface area contributed by atoms with Crippen LogP contribution in [0.1, 0.15) is 13.8 Å². The molecule has 0 bridgehead atoms. The first kappa shape index (κ1) is 8.97. The normalized spacial score (nSPS) is 22.4. The molecule has 0 unspecified atom stereocenters. The van der Waals surface area contributed by atoms with Gasteiger partial charge in [-0.05, 0) is 27.9 Å². The van der Waals surface area contributed by atoms with Crippen molar-refractivity contribution in [1.29, 1.82) is 0 Å². The molecule has 0 aromatic heterocycles. The summed E-state index contributed by atoms with van der Waals surface area (Å²) in [5.41, 5.74) is 5.78. The molecule has 66 valence electrons. The molecule has 1 rings (SSSR count). The molecule has 1 heterocycles. The summed E-state index contributed by atoms with van der Waals surface area (Å²) in [6, 6.07) is 0.706. The summed E-state index contributed by atoms with van der Waals surface area (Å²) in [7, 11) is 4.23. The van der Waals surface area contributed by atoms with Gasteiger partial charge in [0.25, 0.3) is 0 Å². The van der Waals surface area contributed by atoms with Crippen molar-refractivity contribution in [2.45, 2.75) is 25.6 Å². The lowest BCUT2D eigenvalue weighted by Gasteiger charge is -2.49. The van der Waals surface area contributed by atoms with Gasteiger partial charge in [0.2, 0.25) is 0 Å². The molecule has 0 amide bonds. The molecule has 3 nitrogen and oxygen atoms in total. The molecule has 2 N–H and O–H groups in total. The number of hydrogen-bond donors (Lipinski definition) is 1. The maximum Gasteiger partial charge on any atom is 0.0630 e. The van der Waals surface area contributed by atoms with Crippen molar-refractivity contribution in [3.63, 3.8) is 0 Å². The lowest BCUT2D eigenvalue weighted by atomic mass is 10.0. The Labute approximate surface area is 69.1 Å². The highest BCUT2D eigenvalue weighted by Gasteiger charge is 2.35. The highest BCUT2D eigenvalue weighted by atomic mass is 15.4. The molecular formula is C8H19N3. The number of nitrogens with two attached hydrogens (primary N) is 1. The molecule has 0 atom stereocenters.